The zero-order chi connectivity index (χ0) is 101. The number of benzene rings is 2. The van der Waals surface area contributed by atoms with Crippen LogP contribution in [0.15, 0.2) is 54.6 Å². The van der Waals surface area contributed by atoms with Gasteiger partial charge < -0.3 is 121 Å². The van der Waals surface area contributed by atoms with E-state index in [-0.39, 0.29) is 146 Å². The Bertz CT molecular complexity index is 4340. The number of cyclic esters (lactones) is 1. The van der Waals surface area contributed by atoms with E-state index in [0.717, 1.165) is 4.90 Å². The van der Waals surface area contributed by atoms with Crippen molar-refractivity contribution in [2.45, 2.75) is 238 Å². The van der Waals surface area contributed by atoms with E-state index in [1.54, 1.807) is 74.9 Å². The van der Waals surface area contributed by atoms with Crippen LogP contribution in [0.2, 0.25) is 0 Å². The van der Waals surface area contributed by atoms with Gasteiger partial charge in [-0.2, -0.15) is 0 Å². The highest BCUT2D eigenvalue weighted by molar-refractivity contribution is 7.51. The van der Waals surface area contributed by atoms with Gasteiger partial charge >= 0.3 is 33.4 Å². The van der Waals surface area contributed by atoms with Crippen LogP contribution in [0, 0.1) is 35.5 Å². The number of hydrogen-bond donors (Lipinski definition) is 14. The molecule has 766 valence electrons. The standard InChI is InChI=1S/C89H144N14O31P2/c1-17-55(8)77(101(14)87(117)75(53(4)5)99-85(115)76(54(6)7)100(12)13)68(125-15)48-71(107)102-35-22-26-65(102)78(126-16)57(10)80(110)94-58(11)79(60-23-19-18-20-24-60)134-136(123,124)132-50-59-27-29-61(30-28-59)95-81(111)63(25-21-33-92-89(90)119)97-84(114)74(52(2)3)98-82(112)64(47-73(109)131-51-62-46-67(104)88(118)133-62)96-70(106)31-36-127-38-40-129-42-43-130-41-39-128-37-34-91-83(113)66(103-72(108)45-56(9)86(103)116)49-93-69(105)32-44-135(120,121)122/h18-20,23-24,27-30,52-58,62-68,74-79,104H,17,21-22,25-26,31-51H2,1-16H3,(H,91,113)(H,93,105)(H,94,110)(H,95,111)(H,96,106)(H,97,114)(H,98,112)(H,99,115)(H,123,124)(H3,90,92,119)(H2,120,121,122)/t55-,56?,57+,58+,62?,63-,64-,65-,66-,67?,68+,74-,75-,76-,77-,78+,79+/m0/s1. The third-order valence-electron chi connectivity index (χ3n) is 23.4. The topological polar surface area (TPSA) is 611 Å². The van der Waals surface area contributed by atoms with Gasteiger partial charge in [0.25, 0.3) is 0 Å². The predicted molar refractivity (Wildman–Crippen MR) is 491 cm³/mol. The minimum Gasteiger partial charge on any atom is -0.462 e. The molecule has 0 aromatic heterocycles. The van der Waals surface area contributed by atoms with Crippen molar-refractivity contribution >= 4 is 110 Å². The molecule has 0 aliphatic carbocycles. The van der Waals surface area contributed by atoms with Gasteiger partial charge in [-0.1, -0.05) is 118 Å². The molecule has 5 rings (SSSR count). The molecule has 4 unspecified atom stereocenters. The van der Waals surface area contributed by atoms with Crippen LogP contribution in [0.1, 0.15) is 164 Å². The van der Waals surface area contributed by atoms with Gasteiger partial charge in [0.2, 0.25) is 70.9 Å². The number of hydrogen-bond acceptors (Lipinski definition) is 29. The Labute approximate surface area is 794 Å². The number of likely N-dealkylation sites (tertiary alicyclic amines) is 2. The number of aliphatic hydroxyl groups excluding tert-OH is 1. The number of nitrogens with two attached hydrogens (primary N) is 1. The van der Waals surface area contributed by atoms with Crippen molar-refractivity contribution < 1.29 is 148 Å². The molecule has 0 radical (unpaired) electrons. The largest absolute Gasteiger partial charge is 0.473 e. The summed E-state index contributed by atoms with van der Waals surface area (Å²) in [6.07, 6.45) is -6.61. The number of carbonyl (C=O) groups excluding carboxylic acids is 15. The first-order chi connectivity index (χ1) is 64.1. The van der Waals surface area contributed by atoms with E-state index in [1.165, 1.54) is 45.4 Å². The summed E-state index contributed by atoms with van der Waals surface area (Å²) < 4.78 is 81.2. The van der Waals surface area contributed by atoms with E-state index in [0.29, 0.717) is 36.9 Å². The van der Waals surface area contributed by atoms with Gasteiger partial charge in [-0.05, 0) is 93.6 Å². The van der Waals surface area contributed by atoms with Gasteiger partial charge in [0.15, 0.2) is 6.10 Å². The molecule has 15 N–H and O–H groups in total. The number of nitrogens with one attached hydrogen (secondary N) is 9. The van der Waals surface area contributed by atoms with Gasteiger partial charge in [0, 0.05) is 84.7 Å². The number of ether oxygens (including phenoxy) is 8. The van der Waals surface area contributed by atoms with Crippen molar-refractivity contribution in [1.29, 1.82) is 0 Å². The molecular formula is C89H144N14O31P2. The summed E-state index contributed by atoms with van der Waals surface area (Å²) in [5.41, 5.74) is 6.19. The number of rotatable bonds is 63. The van der Waals surface area contributed by atoms with Crippen LogP contribution < -0.4 is 53.6 Å². The van der Waals surface area contributed by atoms with Crippen LogP contribution in [0.5, 0.6) is 0 Å². The molecular weight excluding hydrogens is 1820 g/mol. The fourth-order valence-electron chi connectivity index (χ4n) is 15.9. The Morgan fingerprint density at radius 1 is 0.654 bits per heavy atom. The molecule has 136 heavy (non-hydrogen) atoms. The normalized spacial score (nSPS) is 19.0. The number of phosphoric ester groups is 1. The van der Waals surface area contributed by atoms with Crippen LogP contribution >= 0.6 is 15.4 Å². The van der Waals surface area contributed by atoms with E-state index < -0.39 is 228 Å². The Balaban J connectivity index is 1.15. The number of esters is 2. The number of methoxy groups -OCH3 is 2. The number of nitrogens with zero attached hydrogens (tertiary/aromatic N) is 4. The molecule has 3 saturated heterocycles. The zero-order valence-corrected chi connectivity index (χ0v) is 82.5. The molecule has 0 saturated carbocycles. The number of urea groups is 1. The summed E-state index contributed by atoms with van der Waals surface area (Å²) in [7, 11) is -1.28. The summed E-state index contributed by atoms with van der Waals surface area (Å²) >= 11 is 0. The van der Waals surface area contributed by atoms with Crippen LogP contribution in [-0.4, -0.2) is 334 Å². The molecule has 3 fully saturated rings. The molecule has 0 spiro atoms. The molecule has 3 aliphatic rings. The van der Waals surface area contributed by atoms with E-state index in [1.807, 2.05) is 60.5 Å². The third kappa shape index (κ3) is 39.0. The van der Waals surface area contributed by atoms with Crippen molar-refractivity contribution in [3.05, 3.63) is 65.7 Å². The fraction of sp³-hybridized carbons (Fsp3) is 0.697. The maximum absolute atomic E-state index is 14.7. The van der Waals surface area contributed by atoms with E-state index >= 15 is 0 Å². The first kappa shape index (κ1) is 117. The lowest BCUT2D eigenvalue weighted by molar-refractivity contribution is -0.155. The van der Waals surface area contributed by atoms with Crippen molar-refractivity contribution in [2.24, 2.45) is 41.2 Å². The van der Waals surface area contributed by atoms with Gasteiger partial charge in [-0.15, -0.1) is 0 Å². The van der Waals surface area contributed by atoms with E-state index in [9.17, 15) is 91.0 Å². The average Bonchev–Trinajstić information content (AvgIpc) is 1.48. The maximum Gasteiger partial charge on any atom is 0.473 e. The van der Waals surface area contributed by atoms with E-state index in [2.05, 4.69) is 47.9 Å². The first-order valence-corrected chi connectivity index (χ1v) is 49.2. The second-order valence-corrected chi connectivity index (χ2v) is 38.5. The van der Waals surface area contributed by atoms with E-state index in [4.69, 9.17) is 62.5 Å². The fourth-order valence-corrected chi connectivity index (χ4v) is 17.4. The first-order valence-electron chi connectivity index (χ1n) is 45.9. The smallest absolute Gasteiger partial charge is 0.462 e. The summed E-state index contributed by atoms with van der Waals surface area (Å²) in [6.45, 7) is 18.4. The highest BCUT2D eigenvalue weighted by Crippen LogP contribution is 2.50. The number of imide groups is 1. The van der Waals surface area contributed by atoms with Crippen LogP contribution in [0.3, 0.4) is 0 Å². The third-order valence-corrected chi connectivity index (χ3v) is 25.1. The van der Waals surface area contributed by atoms with Crippen molar-refractivity contribution in [3.63, 3.8) is 0 Å². The lowest BCUT2D eigenvalue weighted by Gasteiger charge is -2.41. The molecule has 3 aliphatic heterocycles. The Morgan fingerprint density at radius 3 is 1.82 bits per heavy atom. The van der Waals surface area contributed by atoms with Crippen molar-refractivity contribution in [3.8, 4) is 0 Å². The minimum atomic E-state index is -5.03. The number of carbonyl (C=O) groups is 15. The predicted octanol–water partition coefficient (Wildman–Crippen LogP) is 1.34. The number of primary amides is 1. The Hall–Kier alpha value is -9.57. The summed E-state index contributed by atoms with van der Waals surface area (Å²) in [4.78, 5) is 237. The molecule has 45 nitrogen and oxygen atoms in total. The second kappa shape index (κ2) is 58.4. The molecule has 0 bridgehead atoms. The number of aliphatic hydroxyl groups is 1. The van der Waals surface area contributed by atoms with Crippen LogP contribution in [0.4, 0.5) is 10.5 Å². The van der Waals surface area contributed by atoms with Gasteiger partial charge in [0.05, 0.1) is 121 Å². The molecule has 14 amide bonds. The molecule has 47 heteroatoms. The van der Waals surface area contributed by atoms with Gasteiger partial charge in [-0.3, -0.25) is 85.7 Å². The number of likely N-dealkylation sites (N-methyl/N-ethyl adjacent to an activating group) is 2. The molecule has 18 atom stereocenters. The molecule has 3 heterocycles. The van der Waals surface area contributed by atoms with Gasteiger partial charge in [0.1, 0.15) is 49.0 Å². The number of phosphoric acid groups is 1. The molecule has 2 aromatic rings. The SMILES string of the molecule is CC[C@H](C)[C@@H]([C@@H](CC(=O)N1CCC[C@H]1[C@H](OC)[C@@H](C)C(=O)N[C@H](C)[C@@H](OP(=O)(O)OCc1ccc(NC(=O)[C@H](CCCNC(N)=O)NC(=O)[C@@H](NC(=O)[C@H](CC(=O)OCC2CC(O)C(=O)O2)NC(=O)CCOCCOCCOCCOCCNC(=O)[C@H](CNC(=O)CCP(=O)(O)O)N2C(=O)CC(C)C2=O)C(C)C)cc1)c1ccccc1)OC)N(C)C(=O)[C@@H](NC(=O)[C@H](C(C)C)N(C)C)C(C)C. The number of anilines is 1. The lowest BCUT2D eigenvalue weighted by Crippen LogP contribution is -2.59. The van der Waals surface area contributed by atoms with Crippen LogP contribution in [-0.2, 0) is 130 Å². The Kier molecular flexibility index (Phi) is 50.2. The number of amides is 14. The summed E-state index contributed by atoms with van der Waals surface area (Å²) in [5, 5.41) is 33.5. The maximum atomic E-state index is 14.7. The van der Waals surface area contributed by atoms with Crippen LogP contribution in [0.25, 0.3) is 0 Å². The van der Waals surface area contributed by atoms with Crippen molar-refractivity contribution in [2.75, 3.05) is 132 Å². The zero-order valence-electron chi connectivity index (χ0n) is 80.7. The Morgan fingerprint density at radius 2 is 1.27 bits per heavy atom. The second-order valence-electron chi connectivity index (χ2n) is 35.3. The summed E-state index contributed by atoms with van der Waals surface area (Å²) in [6, 6.07) is 3.83. The minimum absolute atomic E-state index is 0.00411. The summed E-state index contributed by atoms with van der Waals surface area (Å²) in [5.74, 6) is -12.5. The molecule has 2 aromatic carbocycles. The van der Waals surface area contributed by atoms with Crippen molar-refractivity contribution in [1.82, 2.24) is 62.1 Å². The average molecular weight is 1970 g/mol. The highest BCUT2D eigenvalue weighted by Gasteiger charge is 2.47. The van der Waals surface area contributed by atoms with Gasteiger partial charge in [-0.25, -0.2) is 14.2 Å². The highest BCUT2D eigenvalue weighted by atomic mass is 31.2. The quantitative estimate of drug-likeness (QED) is 0.0192. The lowest BCUT2D eigenvalue weighted by atomic mass is 9.89. The monoisotopic (exact) mass is 1970 g/mol.